The molecule has 6 nitrogen and oxygen atoms in total. The largest absolute Gasteiger partial charge is 0.439 e. The lowest BCUT2D eigenvalue weighted by molar-refractivity contribution is 0.151. The molecule has 1 aromatic carbocycles. The van der Waals surface area contributed by atoms with E-state index in [1.165, 1.54) is 36.0 Å². The minimum absolute atomic E-state index is 0.115. The Morgan fingerprint density at radius 1 is 1.07 bits per heavy atom. The second-order valence-corrected chi connectivity index (χ2v) is 7.61. The molecule has 0 atom stereocenters. The van der Waals surface area contributed by atoms with E-state index in [4.69, 9.17) is 4.74 Å². The number of aromatic nitrogens is 4. The monoisotopic (exact) mass is 427 g/mol. The lowest BCUT2D eigenvalue weighted by Crippen LogP contribution is -2.08. The van der Waals surface area contributed by atoms with Crippen molar-refractivity contribution in [1.29, 1.82) is 0 Å². The molecule has 0 spiro atoms. The molecule has 1 N–H and O–H groups in total. The van der Waals surface area contributed by atoms with E-state index < -0.39 is 6.43 Å². The first-order valence-corrected chi connectivity index (χ1v) is 10.2. The average Bonchev–Trinajstić information content (AvgIpc) is 3.21. The number of anilines is 1. The number of alkyl halides is 2. The van der Waals surface area contributed by atoms with Crippen LogP contribution in [0.4, 0.5) is 14.6 Å². The molecule has 9 heteroatoms. The molecule has 154 valence electrons. The maximum atomic E-state index is 12.9. The Morgan fingerprint density at radius 3 is 2.77 bits per heavy atom. The number of benzene rings is 1. The molecule has 0 amide bonds. The van der Waals surface area contributed by atoms with Crippen LogP contribution >= 0.6 is 11.3 Å². The topological polar surface area (TPSA) is 72.8 Å². The Labute approximate surface area is 176 Å². The summed E-state index contributed by atoms with van der Waals surface area (Å²) in [7, 11) is 0. The molecule has 3 heterocycles. The van der Waals surface area contributed by atoms with Crippen molar-refractivity contribution in [2.24, 2.45) is 0 Å². The molecule has 3 aromatic heterocycles. The number of nitrogens with one attached hydrogen (secondary N) is 1. The van der Waals surface area contributed by atoms with Crippen molar-refractivity contribution < 1.29 is 13.5 Å². The molecule has 0 bridgehead atoms. The van der Waals surface area contributed by atoms with Crippen LogP contribution in [0.2, 0.25) is 0 Å². The zero-order valence-corrected chi connectivity index (χ0v) is 17.2. The predicted molar refractivity (Wildman–Crippen MR) is 113 cm³/mol. The number of halogens is 2. The maximum Gasteiger partial charge on any atom is 0.264 e. The Hall–Kier alpha value is -3.20. The van der Waals surface area contributed by atoms with E-state index in [0.717, 1.165) is 39.3 Å². The zero-order valence-electron chi connectivity index (χ0n) is 16.4. The van der Waals surface area contributed by atoms with Crippen LogP contribution in [0.3, 0.4) is 0 Å². The molecule has 4 rings (SSSR count). The van der Waals surface area contributed by atoms with Crippen molar-refractivity contribution in [3.63, 3.8) is 0 Å². The van der Waals surface area contributed by atoms with Gasteiger partial charge in [0.05, 0.1) is 5.51 Å². The maximum absolute atomic E-state index is 12.9. The molecule has 0 saturated heterocycles. The first-order chi connectivity index (χ1) is 14.5. The van der Waals surface area contributed by atoms with Gasteiger partial charge in [-0.15, -0.1) is 11.3 Å². The number of pyridine rings is 1. The highest BCUT2D eigenvalue weighted by molar-refractivity contribution is 7.16. The molecule has 0 radical (unpaired) electrons. The van der Waals surface area contributed by atoms with Gasteiger partial charge in [0.15, 0.2) is 5.82 Å². The quantitative estimate of drug-likeness (QED) is 0.421. The number of nitrogens with zero attached hydrogens (tertiary/aromatic N) is 4. The standard InChI is InChI=1S/C21H19F2N5OS/c1-12-8-16(29-17-9-15(19(22)23)4-5-24-17)13(2)7-14(12)3-6-25-20-18-21(27-10-26-20)30-11-28-18/h4-5,7-11,19H,3,6H2,1-2H3,(H,25,26,27). The van der Waals surface area contributed by atoms with Crippen molar-refractivity contribution in [3.8, 4) is 11.6 Å². The van der Waals surface area contributed by atoms with E-state index in [9.17, 15) is 8.78 Å². The lowest BCUT2D eigenvalue weighted by Gasteiger charge is -2.14. The van der Waals surface area contributed by atoms with E-state index in [1.54, 1.807) is 5.51 Å². The van der Waals surface area contributed by atoms with E-state index in [0.29, 0.717) is 12.3 Å². The number of fused-ring (bicyclic) bond motifs is 1. The molecule has 0 saturated carbocycles. The smallest absolute Gasteiger partial charge is 0.264 e. The van der Waals surface area contributed by atoms with Crippen LogP contribution in [0.1, 0.15) is 28.7 Å². The Morgan fingerprint density at radius 2 is 1.93 bits per heavy atom. The van der Waals surface area contributed by atoms with Crippen LogP contribution in [0, 0.1) is 13.8 Å². The summed E-state index contributed by atoms with van der Waals surface area (Å²) in [5, 5.41) is 3.32. The van der Waals surface area contributed by atoms with Crippen molar-refractivity contribution in [1.82, 2.24) is 19.9 Å². The van der Waals surface area contributed by atoms with Crippen LogP contribution in [0.25, 0.3) is 10.3 Å². The summed E-state index contributed by atoms with van der Waals surface area (Å²) in [5.74, 6) is 1.48. The highest BCUT2D eigenvalue weighted by atomic mass is 32.1. The van der Waals surface area contributed by atoms with Crippen LogP contribution in [-0.2, 0) is 6.42 Å². The van der Waals surface area contributed by atoms with Crippen LogP contribution in [-0.4, -0.2) is 26.5 Å². The minimum Gasteiger partial charge on any atom is -0.439 e. The summed E-state index contributed by atoms with van der Waals surface area (Å²) in [6, 6.07) is 6.49. The van der Waals surface area contributed by atoms with E-state index in [-0.39, 0.29) is 11.4 Å². The minimum atomic E-state index is -2.56. The normalized spacial score (nSPS) is 11.2. The fourth-order valence-electron chi connectivity index (χ4n) is 3.10. The molecular weight excluding hydrogens is 408 g/mol. The number of rotatable bonds is 7. The lowest BCUT2D eigenvalue weighted by atomic mass is 10.0. The highest BCUT2D eigenvalue weighted by Gasteiger charge is 2.12. The van der Waals surface area contributed by atoms with Gasteiger partial charge in [0.2, 0.25) is 5.88 Å². The van der Waals surface area contributed by atoms with Gasteiger partial charge in [-0.3, -0.25) is 0 Å². The van der Waals surface area contributed by atoms with E-state index >= 15 is 0 Å². The van der Waals surface area contributed by atoms with Gasteiger partial charge in [-0.1, -0.05) is 6.07 Å². The fourth-order valence-corrected chi connectivity index (χ4v) is 3.72. The summed E-state index contributed by atoms with van der Waals surface area (Å²) in [6.07, 6.45) is 1.07. The molecule has 0 fully saturated rings. The van der Waals surface area contributed by atoms with Crippen LogP contribution in [0.15, 0.2) is 42.3 Å². The third-order valence-corrected chi connectivity index (χ3v) is 5.41. The van der Waals surface area contributed by atoms with E-state index in [2.05, 4.69) is 25.3 Å². The number of hydrogen-bond acceptors (Lipinski definition) is 7. The fraction of sp³-hybridized carbons (Fsp3) is 0.238. The first kappa shape index (κ1) is 20.1. The molecule has 30 heavy (non-hydrogen) atoms. The second-order valence-electron chi connectivity index (χ2n) is 6.78. The van der Waals surface area contributed by atoms with Crippen LogP contribution in [0.5, 0.6) is 11.6 Å². The zero-order chi connectivity index (χ0) is 21.1. The number of aryl methyl sites for hydroxylation is 2. The Kier molecular flexibility index (Phi) is 5.80. The van der Waals surface area contributed by atoms with Crippen LogP contribution < -0.4 is 10.1 Å². The van der Waals surface area contributed by atoms with Gasteiger partial charge < -0.3 is 10.1 Å². The molecule has 4 aromatic rings. The van der Waals surface area contributed by atoms with Gasteiger partial charge in [-0.2, -0.15) is 0 Å². The van der Waals surface area contributed by atoms with Crippen molar-refractivity contribution >= 4 is 27.5 Å². The van der Waals surface area contributed by atoms with Crippen molar-refractivity contribution in [2.75, 3.05) is 11.9 Å². The summed E-state index contributed by atoms with van der Waals surface area (Å²) in [4.78, 5) is 17.7. The van der Waals surface area contributed by atoms with Gasteiger partial charge in [-0.05, 0) is 49.1 Å². The van der Waals surface area contributed by atoms with Gasteiger partial charge >= 0.3 is 0 Å². The predicted octanol–water partition coefficient (Wildman–Crippen LogP) is 5.48. The second kappa shape index (κ2) is 8.66. The molecule has 0 aliphatic heterocycles. The van der Waals surface area contributed by atoms with Gasteiger partial charge in [0.1, 0.15) is 22.4 Å². The Bertz CT molecular complexity index is 1180. The highest BCUT2D eigenvalue weighted by Crippen LogP contribution is 2.29. The van der Waals surface area contributed by atoms with E-state index in [1.807, 2.05) is 26.0 Å². The average molecular weight is 427 g/mol. The molecule has 0 aliphatic carbocycles. The summed E-state index contributed by atoms with van der Waals surface area (Å²) >= 11 is 1.48. The number of ether oxygens (including phenoxy) is 1. The third kappa shape index (κ3) is 4.35. The summed E-state index contributed by atoms with van der Waals surface area (Å²) < 4.78 is 31.5. The SMILES string of the molecule is Cc1cc(Oc2cc(C(F)F)ccn2)c(C)cc1CCNc1ncnc2scnc12. The summed E-state index contributed by atoms with van der Waals surface area (Å²) in [6.45, 7) is 4.60. The molecule has 0 aliphatic rings. The van der Waals surface area contributed by atoms with Gasteiger partial charge in [0.25, 0.3) is 6.43 Å². The number of thiazole rings is 1. The van der Waals surface area contributed by atoms with Gasteiger partial charge in [-0.25, -0.2) is 28.7 Å². The first-order valence-electron chi connectivity index (χ1n) is 9.31. The molecular formula is C21H19F2N5OS. The van der Waals surface area contributed by atoms with Crippen molar-refractivity contribution in [2.45, 2.75) is 26.7 Å². The Balaban J connectivity index is 1.45. The third-order valence-electron chi connectivity index (χ3n) is 4.68. The van der Waals surface area contributed by atoms with Crippen molar-refractivity contribution in [3.05, 3.63) is 64.6 Å². The van der Waals surface area contributed by atoms with Gasteiger partial charge in [0, 0.05) is 24.4 Å². The number of hydrogen-bond donors (Lipinski definition) is 1. The summed E-state index contributed by atoms with van der Waals surface area (Å²) in [5.41, 5.74) is 5.52. The molecule has 0 unspecified atom stereocenters.